The number of hydrogen-bond donors (Lipinski definition) is 2. The fourth-order valence-corrected chi connectivity index (χ4v) is 2.64. The number of carbonyl (C=O) groups is 2. The zero-order valence-electron chi connectivity index (χ0n) is 14.4. The molecule has 2 rings (SSSR count). The highest BCUT2D eigenvalue weighted by Gasteiger charge is 2.16. The summed E-state index contributed by atoms with van der Waals surface area (Å²) in [4.78, 5) is 23.7. The molecule has 0 heterocycles. The van der Waals surface area contributed by atoms with E-state index in [9.17, 15) is 9.59 Å². The number of hydrogen-bond acceptors (Lipinski definition) is 4. The third-order valence-electron chi connectivity index (χ3n) is 3.62. The number of rotatable bonds is 4. The van der Waals surface area contributed by atoms with Crippen molar-refractivity contribution >= 4 is 33.5 Å². The Labute approximate surface area is 155 Å². The van der Waals surface area contributed by atoms with Crippen molar-refractivity contribution in [3.63, 3.8) is 0 Å². The quantitative estimate of drug-likeness (QED) is 0.734. The van der Waals surface area contributed by atoms with Crippen molar-refractivity contribution in [1.82, 2.24) is 0 Å². The van der Waals surface area contributed by atoms with Crippen LogP contribution in [0.3, 0.4) is 0 Å². The van der Waals surface area contributed by atoms with E-state index in [-0.39, 0.29) is 17.7 Å². The lowest BCUT2D eigenvalue weighted by atomic mass is 9.87. The van der Waals surface area contributed by atoms with Crippen LogP contribution in [0.5, 0.6) is 5.75 Å². The maximum absolute atomic E-state index is 12.1. The second kappa shape index (κ2) is 7.80. The van der Waals surface area contributed by atoms with Gasteiger partial charge in [-0.2, -0.15) is 0 Å². The largest absolute Gasteiger partial charge is 0.417 e. The number of ketones is 1. The molecule has 0 aromatic heterocycles. The normalized spacial score (nSPS) is 11.1. The minimum Gasteiger partial charge on any atom is -0.409 e. The Morgan fingerprint density at radius 3 is 2.48 bits per heavy atom. The predicted octanol–water partition coefficient (Wildman–Crippen LogP) is 4.50. The minimum atomic E-state index is -0.637. The number of benzene rings is 2. The van der Waals surface area contributed by atoms with Crippen LogP contribution in [0.4, 0.5) is 10.5 Å². The van der Waals surface area contributed by atoms with Crippen LogP contribution < -0.4 is 15.8 Å². The van der Waals surface area contributed by atoms with Gasteiger partial charge in [0.2, 0.25) is 0 Å². The molecule has 1 amide bonds. The molecule has 0 aliphatic carbocycles. The Hall–Kier alpha value is -2.18. The zero-order valence-corrected chi connectivity index (χ0v) is 16.0. The lowest BCUT2D eigenvalue weighted by Crippen LogP contribution is -2.18. The van der Waals surface area contributed by atoms with Crippen molar-refractivity contribution in [2.24, 2.45) is 5.73 Å². The van der Waals surface area contributed by atoms with Crippen molar-refractivity contribution in [2.75, 3.05) is 11.9 Å². The average molecular weight is 405 g/mol. The van der Waals surface area contributed by atoms with Gasteiger partial charge in [-0.15, -0.1) is 0 Å². The zero-order chi connectivity index (χ0) is 18.6. The molecule has 2 aromatic rings. The van der Waals surface area contributed by atoms with Gasteiger partial charge in [0, 0.05) is 11.3 Å². The molecule has 2 aromatic carbocycles. The Morgan fingerprint density at radius 2 is 1.88 bits per heavy atom. The molecule has 5 nitrogen and oxygen atoms in total. The summed E-state index contributed by atoms with van der Waals surface area (Å²) in [6.45, 7) is 6.24. The van der Waals surface area contributed by atoms with Crippen LogP contribution in [0.25, 0.3) is 0 Å². The molecule has 0 atom stereocenters. The van der Waals surface area contributed by atoms with E-state index < -0.39 is 6.09 Å². The van der Waals surface area contributed by atoms with Crippen LogP contribution in [-0.4, -0.2) is 18.4 Å². The highest BCUT2D eigenvalue weighted by atomic mass is 79.9. The Bertz CT molecular complexity index is 797. The highest BCUT2D eigenvalue weighted by Crippen LogP contribution is 2.31. The van der Waals surface area contributed by atoms with Crippen LogP contribution >= 0.6 is 15.9 Å². The molecule has 0 aliphatic rings. The predicted molar refractivity (Wildman–Crippen MR) is 102 cm³/mol. The third-order valence-corrected chi connectivity index (χ3v) is 4.24. The van der Waals surface area contributed by atoms with Gasteiger partial charge in [0.15, 0.2) is 5.78 Å². The molecule has 0 fully saturated rings. The van der Waals surface area contributed by atoms with Crippen molar-refractivity contribution in [3.05, 3.63) is 58.1 Å². The van der Waals surface area contributed by atoms with Gasteiger partial charge < -0.3 is 10.5 Å². The van der Waals surface area contributed by atoms with Gasteiger partial charge >= 0.3 is 6.09 Å². The number of halogens is 1. The second-order valence-corrected chi connectivity index (χ2v) is 7.47. The van der Waals surface area contributed by atoms with Crippen LogP contribution in [0.15, 0.2) is 46.9 Å². The Kier molecular flexibility index (Phi) is 5.98. The van der Waals surface area contributed by atoms with Crippen LogP contribution in [0.1, 0.15) is 36.7 Å². The summed E-state index contributed by atoms with van der Waals surface area (Å²) >= 11 is 3.43. The lowest BCUT2D eigenvalue weighted by molar-refractivity contribution is 0.100. The maximum Gasteiger partial charge on any atom is 0.417 e. The molecular weight excluding hydrogens is 384 g/mol. The molecule has 25 heavy (non-hydrogen) atoms. The van der Waals surface area contributed by atoms with E-state index >= 15 is 0 Å². The molecule has 0 bridgehead atoms. The first-order valence-corrected chi connectivity index (χ1v) is 8.62. The summed E-state index contributed by atoms with van der Waals surface area (Å²) in [6.07, 6.45) is -0.637. The Balaban J connectivity index is 2.09. The fraction of sp³-hybridized carbons (Fsp3) is 0.263. The Morgan fingerprint density at radius 1 is 1.16 bits per heavy atom. The summed E-state index contributed by atoms with van der Waals surface area (Å²) in [5, 5.41) is 2.61. The van der Waals surface area contributed by atoms with Crippen molar-refractivity contribution < 1.29 is 14.3 Å². The van der Waals surface area contributed by atoms with Crippen molar-refractivity contribution in [2.45, 2.75) is 26.2 Å². The number of ether oxygens (including phenoxy) is 1. The van der Waals surface area contributed by atoms with Gasteiger partial charge in [-0.05, 0) is 51.2 Å². The first kappa shape index (κ1) is 19.1. The van der Waals surface area contributed by atoms with E-state index in [1.165, 1.54) is 0 Å². The smallest absolute Gasteiger partial charge is 0.409 e. The molecule has 0 saturated heterocycles. The summed E-state index contributed by atoms with van der Waals surface area (Å²) in [7, 11) is 0. The topological polar surface area (TPSA) is 81.4 Å². The molecule has 0 unspecified atom stereocenters. The summed E-state index contributed by atoms with van der Waals surface area (Å²) in [6, 6.07) is 12.2. The average Bonchev–Trinajstić information content (AvgIpc) is 2.55. The number of nitrogens with two attached hydrogens (primary N) is 1. The summed E-state index contributed by atoms with van der Waals surface area (Å²) < 4.78 is 6.03. The van der Waals surface area contributed by atoms with Crippen LogP contribution in [-0.2, 0) is 5.41 Å². The van der Waals surface area contributed by atoms with E-state index in [0.717, 1.165) is 5.56 Å². The first-order valence-electron chi connectivity index (χ1n) is 7.83. The molecule has 0 aliphatic heterocycles. The van der Waals surface area contributed by atoms with E-state index in [0.29, 0.717) is 21.5 Å². The van der Waals surface area contributed by atoms with Gasteiger partial charge in [-0.3, -0.25) is 10.1 Å². The molecule has 0 spiro atoms. The third kappa shape index (κ3) is 5.14. The van der Waals surface area contributed by atoms with E-state index in [1.54, 1.807) is 30.3 Å². The van der Waals surface area contributed by atoms with E-state index in [4.69, 9.17) is 10.5 Å². The summed E-state index contributed by atoms with van der Waals surface area (Å²) in [5.41, 5.74) is 7.38. The number of nitrogens with one attached hydrogen (secondary N) is 1. The van der Waals surface area contributed by atoms with Gasteiger partial charge in [-0.25, -0.2) is 4.79 Å². The minimum absolute atomic E-state index is 0.000716. The molecule has 0 radical (unpaired) electrons. The second-order valence-electron chi connectivity index (χ2n) is 6.62. The number of amides is 1. The first-order chi connectivity index (χ1) is 11.7. The van der Waals surface area contributed by atoms with Gasteiger partial charge in [-0.1, -0.05) is 39.0 Å². The SMILES string of the molecule is CC(C)(C)c1ccc(OC(=O)Nc2cccc(C(=O)CN)c2)c(Br)c1. The van der Waals surface area contributed by atoms with Gasteiger partial charge in [0.05, 0.1) is 11.0 Å². The highest BCUT2D eigenvalue weighted by molar-refractivity contribution is 9.10. The number of carbonyl (C=O) groups excluding carboxylic acids is 2. The fourth-order valence-electron chi connectivity index (χ4n) is 2.18. The van der Waals surface area contributed by atoms with Crippen molar-refractivity contribution in [1.29, 1.82) is 0 Å². The van der Waals surface area contributed by atoms with Crippen LogP contribution in [0, 0.1) is 0 Å². The molecular formula is C19H21BrN2O3. The van der Waals surface area contributed by atoms with Gasteiger partial charge in [0.25, 0.3) is 0 Å². The lowest BCUT2D eigenvalue weighted by Gasteiger charge is -2.20. The monoisotopic (exact) mass is 404 g/mol. The summed E-state index contributed by atoms with van der Waals surface area (Å²) in [5.74, 6) is 0.220. The molecule has 6 heteroatoms. The molecule has 0 saturated carbocycles. The van der Waals surface area contributed by atoms with E-state index in [2.05, 4.69) is 42.0 Å². The van der Waals surface area contributed by atoms with Crippen LogP contribution in [0.2, 0.25) is 0 Å². The van der Waals surface area contributed by atoms with Gasteiger partial charge in [0.1, 0.15) is 5.75 Å². The maximum atomic E-state index is 12.1. The molecule has 3 N–H and O–H groups in total. The number of Topliss-reactive ketones (excluding diaryl/α,β-unsaturated/α-hetero) is 1. The van der Waals surface area contributed by atoms with E-state index in [1.807, 2.05) is 12.1 Å². The van der Waals surface area contributed by atoms with Crippen molar-refractivity contribution in [3.8, 4) is 5.75 Å². The molecule has 132 valence electrons. The standard InChI is InChI=1S/C19H21BrN2O3/c1-19(2,3)13-7-8-17(15(20)10-13)25-18(24)22-14-6-4-5-12(9-14)16(23)11-21/h4-10H,11,21H2,1-3H3,(H,22,24). The number of anilines is 1.